The van der Waals surface area contributed by atoms with Crippen molar-refractivity contribution in [1.82, 2.24) is 20.4 Å². The SMILES string of the molecule is FC(F)(c1cc(-c2ccccc2)n[nH]1)C(F)(F)C(F)(F)C(F)(F)c1cc(-c2ccccc2)n[nH]1. The zero-order valence-corrected chi connectivity index (χ0v) is 16.8. The van der Waals surface area contributed by atoms with Gasteiger partial charge in [0.05, 0.1) is 11.4 Å². The van der Waals surface area contributed by atoms with Crippen LogP contribution in [-0.2, 0) is 11.8 Å². The van der Waals surface area contributed by atoms with Crippen molar-refractivity contribution in [3.05, 3.63) is 84.2 Å². The van der Waals surface area contributed by atoms with E-state index in [1.54, 1.807) is 22.3 Å². The molecule has 2 N–H and O–H groups in total. The minimum atomic E-state index is -6.53. The average molecular weight is 486 g/mol. The molecule has 0 radical (unpaired) electrons. The van der Waals surface area contributed by atoms with Crippen LogP contribution in [0.25, 0.3) is 22.5 Å². The van der Waals surface area contributed by atoms with E-state index in [0.29, 0.717) is 12.1 Å². The van der Waals surface area contributed by atoms with Crippen LogP contribution in [-0.4, -0.2) is 32.2 Å². The third-order valence-corrected chi connectivity index (χ3v) is 5.15. The van der Waals surface area contributed by atoms with Gasteiger partial charge >= 0.3 is 23.7 Å². The number of hydrogen-bond donors (Lipinski definition) is 2. The second-order valence-electron chi connectivity index (χ2n) is 7.36. The maximum atomic E-state index is 14.6. The van der Waals surface area contributed by atoms with Crippen molar-refractivity contribution in [2.24, 2.45) is 0 Å². The molecule has 0 amide bonds. The molecule has 12 heteroatoms. The van der Waals surface area contributed by atoms with E-state index in [2.05, 4.69) is 10.2 Å². The Morgan fingerprint density at radius 2 is 0.824 bits per heavy atom. The molecule has 4 aromatic rings. The molecule has 0 spiro atoms. The van der Waals surface area contributed by atoms with E-state index in [1.165, 1.54) is 48.5 Å². The number of nitrogens with one attached hydrogen (secondary N) is 2. The van der Waals surface area contributed by atoms with Crippen molar-refractivity contribution in [3.63, 3.8) is 0 Å². The van der Waals surface area contributed by atoms with Gasteiger partial charge in [-0.25, -0.2) is 0 Å². The number of H-pyrrole nitrogens is 2. The van der Waals surface area contributed by atoms with E-state index >= 15 is 0 Å². The molecule has 0 unspecified atom stereocenters. The Bertz CT molecular complexity index is 1170. The highest BCUT2D eigenvalue weighted by atomic mass is 19.4. The highest BCUT2D eigenvalue weighted by Crippen LogP contribution is 2.58. The second kappa shape index (κ2) is 7.96. The highest BCUT2D eigenvalue weighted by molar-refractivity contribution is 5.60. The summed E-state index contributed by atoms with van der Waals surface area (Å²) >= 11 is 0. The number of hydrogen-bond acceptors (Lipinski definition) is 2. The second-order valence-corrected chi connectivity index (χ2v) is 7.36. The van der Waals surface area contributed by atoms with Crippen molar-refractivity contribution in [3.8, 4) is 22.5 Å². The Balaban J connectivity index is 1.69. The first-order valence-corrected chi connectivity index (χ1v) is 9.63. The number of aromatic amines is 2. The van der Waals surface area contributed by atoms with E-state index in [1.807, 2.05) is 0 Å². The van der Waals surface area contributed by atoms with Gasteiger partial charge in [0.15, 0.2) is 0 Å². The Labute approximate surface area is 186 Å². The number of benzene rings is 2. The van der Waals surface area contributed by atoms with E-state index in [-0.39, 0.29) is 22.5 Å². The molecule has 0 aliphatic heterocycles. The van der Waals surface area contributed by atoms with Crippen LogP contribution >= 0.6 is 0 Å². The van der Waals surface area contributed by atoms with Gasteiger partial charge in [-0.2, -0.15) is 45.3 Å². The first kappa shape index (κ1) is 23.5. The van der Waals surface area contributed by atoms with Crippen molar-refractivity contribution in [2.75, 3.05) is 0 Å². The molecule has 2 aromatic heterocycles. The van der Waals surface area contributed by atoms with Crippen LogP contribution < -0.4 is 0 Å². The Morgan fingerprint density at radius 1 is 0.500 bits per heavy atom. The summed E-state index contributed by atoms with van der Waals surface area (Å²) in [6, 6.07) is 15.6. The molecule has 2 heterocycles. The lowest BCUT2D eigenvalue weighted by Gasteiger charge is -2.35. The molecule has 2 aromatic carbocycles. The number of nitrogens with zero attached hydrogens (tertiary/aromatic N) is 2. The summed E-state index contributed by atoms with van der Waals surface area (Å²) in [5.41, 5.74) is -3.59. The first-order valence-electron chi connectivity index (χ1n) is 9.63. The Kier molecular flexibility index (Phi) is 5.49. The van der Waals surface area contributed by atoms with Gasteiger partial charge in [0.1, 0.15) is 11.4 Å². The van der Waals surface area contributed by atoms with Gasteiger partial charge in [-0.05, 0) is 12.1 Å². The molecule has 4 rings (SSSR count). The zero-order chi connectivity index (χ0) is 24.8. The predicted molar refractivity (Wildman–Crippen MR) is 106 cm³/mol. The van der Waals surface area contributed by atoms with Gasteiger partial charge < -0.3 is 0 Å². The largest absolute Gasteiger partial charge is 0.384 e. The quantitative estimate of drug-likeness (QED) is 0.289. The summed E-state index contributed by atoms with van der Waals surface area (Å²) in [5.74, 6) is -24.5. The third kappa shape index (κ3) is 3.53. The van der Waals surface area contributed by atoms with E-state index in [0.717, 1.165) is 0 Å². The first-order chi connectivity index (χ1) is 15.9. The standard InChI is InChI=1S/C22H14F8N4/c23-19(24,17-11-15(31-33-17)13-7-3-1-4-8-13)21(27,28)22(29,30)20(25,26)18-12-16(32-34-18)14-9-5-2-6-10-14/h1-12H,(H,31,33)(H,32,34). The van der Waals surface area contributed by atoms with Crippen LogP contribution in [0.5, 0.6) is 0 Å². The van der Waals surface area contributed by atoms with Crippen LogP contribution in [0.4, 0.5) is 35.1 Å². The van der Waals surface area contributed by atoms with E-state index in [4.69, 9.17) is 0 Å². The van der Waals surface area contributed by atoms with Crippen LogP contribution in [0.1, 0.15) is 11.4 Å². The molecular formula is C22H14F8N4. The summed E-state index contributed by atoms with van der Waals surface area (Å²) in [5, 5.41) is 9.96. The fourth-order valence-electron chi connectivity index (χ4n) is 3.21. The molecule has 34 heavy (non-hydrogen) atoms. The van der Waals surface area contributed by atoms with E-state index < -0.39 is 35.1 Å². The van der Waals surface area contributed by atoms with Gasteiger partial charge in [-0.1, -0.05) is 60.7 Å². The maximum Gasteiger partial charge on any atom is 0.384 e. The molecule has 0 saturated heterocycles. The lowest BCUT2D eigenvalue weighted by molar-refractivity contribution is -0.376. The van der Waals surface area contributed by atoms with Gasteiger partial charge in [0.2, 0.25) is 0 Å². The zero-order valence-electron chi connectivity index (χ0n) is 16.8. The van der Waals surface area contributed by atoms with Gasteiger partial charge in [0, 0.05) is 11.1 Å². The Hall–Kier alpha value is -3.70. The molecular weight excluding hydrogens is 472 g/mol. The van der Waals surface area contributed by atoms with Gasteiger partial charge in [-0.3, -0.25) is 10.2 Å². The number of alkyl halides is 8. The third-order valence-electron chi connectivity index (χ3n) is 5.15. The molecule has 4 nitrogen and oxygen atoms in total. The lowest BCUT2D eigenvalue weighted by Crippen LogP contribution is -2.60. The number of halogens is 8. The number of aromatic nitrogens is 4. The highest BCUT2D eigenvalue weighted by Gasteiger charge is 2.82. The van der Waals surface area contributed by atoms with Gasteiger partial charge in [-0.15, -0.1) is 0 Å². The summed E-state index contributed by atoms with van der Waals surface area (Å²) in [6.45, 7) is 0. The molecule has 0 aliphatic rings. The monoisotopic (exact) mass is 486 g/mol. The predicted octanol–water partition coefficient (Wildman–Crippen LogP) is 6.62. The van der Waals surface area contributed by atoms with Crippen LogP contribution in [0.3, 0.4) is 0 Å². The van der Waals surface area contributed by atoms with Crippen molar-refractivity contribution in [2.45, 2.75) is 23.7 Å². The van der Waals surface area contributed by atoms with Crippen LogP contribution in [0, 0.1) is 0 Å². The normalized spacial score (nSPS) is 13.3. The average Bonchev–Trinajstić information content (AvgIpc) is 3.51. The molecule has 178 valence electrons. The fraction of sp³-hybridized carbons (Fsp3) is 0.182. The molecule has 0 atom stereocenters. The van der Waals surface area contributed by atoms with Crippen molar-refractivity contribution in [1.29, 1.82) is 0 Å². The summed E-state index contributed by atoms with van der Waals surface area (Å²) < 4.78 is 117. The smallest absolute Gasteiger partial charge is 0.276 e. The summed E-state index contributed by atoms with van der Waals surface area (Å²) in [7, 11) is 0. The van der Waals surface area contributed by atoms with Crippen LogP contribution in [0.2, 0.25) is 0 Å². The van der Waals surface area contributed by atoms with Crippen molar-refractivity contribution >= 4 is 0 Å². The molecule has 0 saturated carbocycles. The lowest BCUT2D eigenvalue weighted by atomic mass is 9.94. The summed E-state index contributed by atoms with van der Waals surface area (Å²) in [6.07, 6.45) is 0. The molecule has 0 aliphatic carbocycles. The number of rotatable bonds is 7. The minimum Gasteiger partial charge on any atom is -0.276 e. The summed E-state index contributed by atoms with van der Waals surface area (Å²) in [4.78, 5) is 0. The Morgan fingerprint density at radius 3 is 1.15 bits per heavy atom. The van der Waals surface area contributed by atoms with E-state index in [9.17, 15) is 35.1 Å². The maximum absolute atomic E-state index is 14.6. The molecule has 0 bridgehead atoms. The van der Waals surface area contributed by atoms with Crippen LogP contribution in [0.15, 0.2) is 72.8 Å². The topological polar surface area (TPSA) is 57.4 Å². The minimum absolute atomic E-state index is 0.215. The van der Waals surface area contributed by atoms with Crippen molar-refractivity contribution < 1.29 is 35.1 Å². The molecule has 0 fully saturated rings. The van der Waals surface area contributed by atoms with Gasteiger partial charge in [0.25, 0.3) is 0 Å². The fourth-order valence-corrected chi connectivity index (χ4v) is 3.21.